The van der Waals surface area contributed by atoms with Crippen molar-refractivity contribution in [3.8, 4) is 0 Å². The lowest BCUT2D eigenvalue weighted by Gasteiger charge is -2.15. The largest absolute Gasteiger partial charge is 0.325 e. The Balaban J connectivity index is 1.95. The number of nitrogens with one attached hydrogen (secondary N) is 2. The normalized spacial score (nSPS) is 13.9. The Hall–Kier alpha value is -2.31. The van der Waals surface area contributed by atoms with E-state index < -0.39 is 17.5 Å². The van der Waals surface area contributed by atoms with Gasteiger partial charge in [-0.2, -0.15) is 0 Å². The molecule has 21 heavy (non-hydrogen) atoms. The average molecular weight is 295 g/mol. The number of aryl methyl sites for hydroxylation is 1. The minimum absolute atomic E-state index is 0.0229. The maximum atomic E-state index is 13.1. The summed E-state index contributed by atoms with van der Waals surface area (Å²) in [5.41, 5.74) is 1.06. The van der Waals surface area contributed by atoms with Gasteiger partial charge in [-0.1, -0.05) is 0 Å². The maximum Gasteiger partial charge on any atom is 0.255 e. The van der Waals surface area contributed by atoms with Gasteiger partial charge in [-0.05, 0) is 25.7 Å². The summed E-state index contributed by atoms with van der Waals surface area (Å²) < 4.78 is 39.2. The van der Waals surface area contributed by atoms with Crippen LogP contribution >= 0.6 is 0 Å². The number of aromatic nitrogens is 2. The highest BCUT2D eigenvalue weighted by atomic mass is 19.2. The zero-order chi connectivity index (χ0) is 15.0. The predicted molar refractivity (Wildman–Crippen MR) is 71.1 cm³/mol. The third-order valence-corrected chi connectivity index (χ3v) is 3.44. The fraction of sp³-hybridized carbons (Fsp3) is 0.286. The van der Waals surface area contributed by atoms with Crippen molar-refractivity contribution in [1.82, 2.24) is 9.97 Å². The monoisotopic (exact) mass is 295 g/mol. The molecule has 0 spiro atoms. The summed E-state index contributed by atoms with van der Waals surface area (Å²) >= 11 is 0. The molecular formula is C14H12F3N3O. The first-order valence-electron chi connectivity index (χ1n) is 6.58. The second kappa shape index (κ2) is 5.23. The molecular weight excluding hydrogens is 283 g/mol. The maximum absolute atomic E-state index is 13.1. The molecule has 0 unspecified atom stereocenters. The first-order valence-corrected chi connectivity index (χ1v) is 6.58. The van der Waals surface area contributed by atoms with Gasteiger partial charge in [0.1, 0.15) is 0 Å². The van der Waals surface area contributed by atoms with E-state index in [1.54, 1.807) is 0 Å². The topological polar surface area (TPSA) is 57.8 Å². The van der Waals surface area contributed by atoms with Crippen LogP contribution in [0.3, 0.4) is 0 Å². The van der Waals surface area contributed by atoms with Gasteiger partial charge < -0.3 is 5.32 Å². The van der Waals surface area contributed by atoms with E-state index in [0.29, 0.717) is 24.1 Å². The van der Waals surface area contributed by atoms with Gasteiger partial charge >= 0.3 is 0 Å². The van der Waals surface area contributed by atoms with Crippen molar-refractivity contribution in [2.45, 2.75) is 25.7 Å². The Morgan fingerprint density at radius 1 is 1.10 bits per heavy atom. The number of hydrogen-bond acceptors (Lipinski definition) is 3. The van der Waals surface area contributed by atoms with Gasteiger partial charge in [0.25, 0.3) is 5.56 Å². The molecule has 3 rings (SSSR count). The summed E-state index contributed by atoms with van der Waals surface area (Å²) in [5.74, 6) is -4.06. The minimum Gasteiger partial charge on any atom is -0.325 e. The van der Waals surface area contributed by atoms with Gasteiger partial charge in [-0.15, -0.1) is 0 Å². The molecule has 110 valence electrons. The molecule has 0 atom stereocenters. The van der Waals surface area contributed by atoms with E-state index in [1.165, 1.54) is 0 Å². The Labute approximate surface area is 118 Å². The summed E-state index contributed by atoms with van der Waals surface area (Å²) in [6, 6.07) is 1.61. The number of aromatic amines is 1. The van der Waals surface area contributed by atoms with Crippen molar-refractivity contribution in [1.29, 1.82) is 0 Å². The molecule has 0 saturated heterocycles. The van der Waals surface area contributed by atoms with Crippen molar-refractivity contribution in [3.63, 3.8) is 0 Å². The molecule has 1 aromatic carbocycles. The molecule has 0 aliphatic heterocycles. The quantitative estimate of drug-likeness (QED) is 0.838. The number of halogens is 3. The van der Waals surface area contributed by atoms with Crippen LogP contribution in [0.2, 0.25) is 0 Å². The zero-order valence-corrected chi connectivity index (χ0v) is 11.0. The highest BCUT2D eigenvalue weighted by molar-refractivity contribution is 5.53. The zero-order valence-electron chi connectivity index (χ0n) is 11.0. The number of anilines is 2. The van der Waals surface area contributed by atoms with Crippen LogP contribution in [0.5, 0.6) is 0 Å². The highest BCUT2D eigenvalue weighted by Crippen LogP contribution is 2.21. The van der Waals surface area contributed by atoms with E-state index >= 15 is 0 Å². The van der Waals surface area contributed by atoms with Crippen LogP contribution in [0.4, 0.5) is 24.8 Å². The lowest BCUT2D eigenvalue weighted by molar-refractivity contribution is 0.448. The van der Waals surface area contributed by atoms with Crippen LogP contribution in [0.1, 0.15) is 24.1 Å². The molecule has 7 heteroatoms. The molecule has 0 saturated carbocycles. The lowest BCUT2D eigenvalue weighted by Crippen LogP contribution is -2.22. The van der Waals surface area contributed by atoms with Crippen LogP contribution in [0, 0.1) is 17.5 Å². The molecule has 0 bridgehead atoms. The van der Waals surface area contributed by atoms with Crippen molar-refractivity contribution >= 4 is 11.6 Å². The average Bonchev–Trinajstić information content (AvgIpc) is 2.45. The van der Waals surface area contributed by atoms with E-state index in [1.807, 2.05) is 0 Å². The van der Waals surface area contributed by atoms with E-state index in [2.05, 4.69) is 15.3 Å². The number of H-pyrrole nitrogens is 1. The molecule has 0 fully saturated rings. The summed E-state index contributed by atoms with van der Waals surface area (Å²) in [6.07, 6.45) is 3.26. The van der Waals surface area contributed by atoms with Crippen molar-refractivity contribution in [2.75, 3.05) is 5.32 Å². The van der Waals surface area contributed by atoms with Crippen LogP contribution in [0.15, 0.2) is 16.9 Å². The summed E-state index contributed by atoms with van der Waals surface area (Å²) in [5, 5.41) is 2.59. The number of hydrogen-bond donors (Lipinski definition) is 2. The fourth-order valence-electron chi connectivity index (χ4n) is 2.43. The minimum atomic E-state index is -1.53. The molecule has 2 aromatic rings. The SMILES string of the molecule is O=c1[nH]c(Nc2cc(F)c(F)c(F)c2)nc2c1CCCC2. The molecule has 0 amide bonds. The molecule has 2 N–H and O–H groups in total. The molecule has 4 nitrogen and oxygen atoms in total. The van der Waals surface area contributed by atoms with Gasteiger partial charge in [0, 0.05) is 23.4 Å². The summed E-state index contributed by atoms with van der Waals surface area (Å²) in [6.45, 7) is 0. The van der Waals surface area contributed by atoms with E-state index in [9.17, 15) is 18.0 Å². The first-order chi connectivity index (χ1) is 10.0. The van der Waals surface area contributed by atoms with Crippen molar-refractivity contribution < 1.29 is 13.2 Å². The van der Waals surface area contributed by atoms with Crippen LogP contribution in [-0.4, -0.2) is 9.97 Å². The third-order valence-electron chi connectivity index (χ3n) is 3.44. The summed E-state index contributed by atoms with van der Waals surface area (Å²) in [7, 11) is 0. The Morgan fingerprint density at radius 3 is 2.48 bits per heavy atom. The second-order valence-electron chi connectivity index (χ2n) is 4.93. The smallest absolute Gasteiger partial charge is 0.255 e. The van der Waals surface area contributed by atoms with Gasteiger partial charge in [0.2, 0.25) is 5.95 Å². The lowest BCUT2D eigenvalue weighted by atomic mass is 9.97. The number of fused-ring (bicyclic) bond motifs is 1. The van der Waals surface area contributed by atoms with Crippen molar-refractivity contribution in [3.05, 3.63) is 51.2 Å². The first kappa shape index (κ1) is 13.7. The molecule has 1 heterocycles. The molecule has 1 aliphatic carbocycles. The highest BCUT2D eigenvalue weighted by Gasteiger charge is 2.16. The summed E-state index contributed by atoms with van der Waals surface area (Å²) in [4.78, 5) is 18.7. The van der Waals surface area contributed by atoms with Gasteiger partial charge in [-0.3, -0.25) is 9.78 Å². The predicted octanol–water partition coefficient (Wildman–Crippen LogP) is 2.81. The van der Waals surface area contributed by atoms with Gasteiger partial charge in [0.15, 0.2) is 17.5 Å². The Bertz CT molecular complexity index is 735. The van der Waals surface area contributed by atoms with Gasteiger partial charge in [-0.25, -0.2) is 18.2 Å². The van der Waals surface area contributed by atoms with Crippen molar-refractivity contribution in [2.24, 2.45) is 0 Å². The number of nitrogens with zero attached hydrogens (tertiary/aromatic N) is 1. The molecule has 1 aromatic heterocycles. The Kier molecular flexibility index (Phi) is 3.40. The van der Waals surface area contributed by atoms with Crippen LogP contribution < -0.4 is 10.9 Å². The fourth-order valence-corrected chi connectivity index (χ4v) is 2.43. The Morgan fingerprint density at radius 2 is 1.76 bits per heavy atom. The third kappa shape index (κ3) is 2.63. The second-order valence-corrected chi connectivity index (χ2v) is 4.93. The number of benzene rings is 1. The van der Waals surface area contributed by atoms with Crippen LogP contribution in [-0.2, 0) is 12.8 Å². The van der Waals surface area contributed by atoms with E-state index in [0.717, 1.165) is 25.0 Å². The van der Waals surface area contributed by atoms with E-state index in [4.69, 9.17) is 0 Å². The molecule has 1 aliphatic rings. The van der Waals surface area contributed by atoms with Crippen LogP contribution in [0.25, 0.3) is 0 Å². The molecule has 0 radical (unpaired) electrons. The van der Waals surface area contributed by atoms with Gasteiger partial charge in [0.05, 0.1) is 5.69 Å². The standard InChI is InChI=1S/C14H12F3N3O/c15-9-5-7(6-10(16)12(9)17)18-14-19-11-4-2-1-3-8(11)13(21)20-14/h5-6H,1-4H2,(H2,18,19,20,21). The van der Waals surface area contributed by atoms with E-state index in [-0.39, 0.29) is 17.2 Å². The number of rotatable bonds is 2.